The zero-order chi connectivity index (χ0) is 17.4. The SMILES string of the molecule is COc1cc(OC2CC2)ccc1-c1nc(-c2ccc(O)c(F)c2)no1. The lowest BCUT2D eigenvalue weighted by Crippen LogP contribution is -1.97. The predicted molar refractivity (Wildman–Crippen MR) is 87.0 cm³/mol. The van der Waals surface area contributed by atoms with Gasteiger partial charge in [0.1, 0.15) is 11.5 Å². The van der Waals surface area contributed by atoms with Crippen molar-refractivity contribution in [2.45, 2.75) is 18.9 Å². The Bertz CT molecular complexity index is 921. The van der Waals surface area contributed by atoms with Crippen LogP contribution in [0.2, 0.25) is 0 Å². The summed E-state index contributed by atoms with van der Waals surface area (Å²) < 4.78 is 29.9. The fourth-order valence-corrected chi connectivity index (χ4v) is 2.40. The zero-order valence-corrected chi connectivity index (χ0v) is 13.4. The quantitative estimate of drug-likeness (QED) is 0.760. The van der Waals surface area contributed by atoms with Gasteiger partial charge in [0.2, 0.25) is 5.82 Å². The lowest BCUT2D eigenvalue weighted by Gasteiger charge is -2.09. The van der Waals surface area contributed by atoms with E-state index < -0.39 is 11.6 Å². The summed E-state index contributed by atoms with van der Waals surface area (Å²) in [5.41, 5.74) is 1.02. The Morgan fingerprint density at radius 1 is 1.20 bits per heavy atom. The minimum absolute atomic E-state index is 0.217. The molecule has 128 valence electrons. The van der Waals surface area contributed by atoms with Crippen molar-refractivity contribution in [2.24, 2.45) is 0 Å². The number of phenols is 1. The third kappa shape index (κ3) is 3.13. The number of halogens is 1. The molecule has 1 aliphatic rings. The van der Waals surface area contributed by atoms with Gasteiger partial charge in [-0.05, 0) is 43.2 Å². The van der Waals surface area contributed by atoms with E-state index in [1.807, 2.05) is 6.07 Å². The Morgan fingerprint density at radius 2 is 2.04 bits per heavy atom. The first-order valence-corrected chi connectivity index (χ1v) is 7.81. The van der Waals surface area contributed by atoms with E-state index >= 15 is 0 Å². The summed E-state index contributed by atoms with van der Waals surface area (Å²) in [6, 6.07) is 9.28. The van der Waals surface area contributed by atoms with Crippen LogP contribution >= 0.6 is 0 Å². The smallest absolute Gasteiger partial charge is 0.262 e. The van der Waals surface area contributed by atoms with Crippen LogP contribution in [0.5, 0.6) is 17.2 Å². The van der Waals surface area contributed by atoms with E-state index in [1.165, 1.54) is 12.1 Å². The number of phenolic OH excluding ortho intramolecular Hbond substituents is 1. The molecule has 1 saturated carbocycles. The van der Waals surface area contributed by atoms with Crippen molar-refractivity contribution in [3.63, 3.8) is 0 Å². The Labute approximate surface area is 142 Å². The topological polar surface area (TPSA) is 77.6 Å². The molecule has 0 unspecified atom stereocenters. The highest BCUT2D eigenvalue weighted by atomic mass is 19.1. The molecule has 0 aliphatic heterocycles. The van der Waals surface area contributed by atoms with E-state index in [4.69, 9.17) is 14.0 Å². The van der Waals surface area contributed by atoms with Gasteiger partial charge in [-0.3, -0.25) is 0 Å². The minimum Gasteiger partial charge on any atom is -0.505 e. The Morgan fingerprint density at radius 3 is 2.76 bits per heavy atom. The first-order chi connectivity index (χ1) is 12.1. The zero-order valence-electron chi connectivity index (χ0n) is 13.4. The van der Waals surface area contributed by atoms with Crippen LogP contribution in [0, 0.1) is 5.82 Å². The first-order valence-electron chi connectivity index (χ1n) is 7.81. The molecule has 0 atom stereocenters. The highest BCUT2D eigenvalue weighted by Crippen LogP contribution is 2.35. The maximum atomic E-state index is 13.5. The summed E-state index contributed by atoms with van der Waals surface area (Å²) in [4.78, 5) is 4.29. The van der Waals surface area contributed by atoms with Gasteiger partial charge in [0.15, 0.2) is 11.6 Å². The molecular weight excluding hydrogens is 327 g/mol. The number of ether oxygens (including phenoxy) is 2. The van der Waals surface area contributed by atoms with Crippen molar-refractivity contribution in [1.82, 2.24) is 10.1 Å². The Balaban J connectivity index is 1.65. The standard InChI is InChI=1S/C18H15FN2O4/c1-23-16-9-12(24-11-3-4-11)5-6-13(16)18-20-17(21-25-18)10-2-7-15(22)14(19)8-10/h2,5-9,11,22H,3-4H2,1H3. The summed E-state index contributed by atoms with van der Waals surface area (Å²) in [6.07, 6.45) is 2.43. The van der Waals surface area contributed by atoms with E-state index in [-0.39, 0.29) is 17.8 Å². The van der Waals surface area contributed by atoms with Crippen molar-refractivity contribution in [1.29, 1.82) is 0 Å². The van der Waals surface area contributed by atoms with E-state index in [0.29, 0.717) is 16.9 Å². The molecule has 4 rings (SSSR count). The second-order valence-electron chi connectivity index (χ2n) is 5.77. The second kappa shape index (κ2) is 6.08. The normalized spacial score (nSPS) is 13.7. The molecule has 0 radical (unpaired) electrons. The highest BCUT2D eigenvalue weighted by Gasteiger charge is 2.24. The molecule has 1 heterocycles. The molecule has 1 fully saturated rings. The molecule has 0 saturated heterocycles. The van der Waals surface area contributed by atoms with Crippen molar-refractivity contribution in [3.8, 4) is 40.1 Å². The summed E-state index contributed by atoms with van der Waals surface area (Å²) in [5.74, 6) is 0.560. The number of methoxy groups -OCH3 is 1. The highest BCUT2D eigenvalue weighted by molar-refractivity contribution is 5.67. The number of hydrogen-bond donors (Lipinski definition) is 1. The fourth-order valence-electron chi connectivity index (χ4n) is 2.40. The number of aromatic nitrogens is 2. The van der Waals surface area contributed by atoms with Gasteiger partial charge in [0.25, 0.3) is 5.89 Å². The number of aromatic hydroxyl groups is 1. The van der Waals surface area contributed by atoms with E-state index in [9.17, 15) is 9.50 Å². The molecule has 6 nitrogen and oxygen atoms in total. The molecule has 2 aromatic carbocycles. The summed E-state index contributed by atoms with van der Waals surface area (Å²) in [7, 11) is 1.55. The number of benzene rings is 2. The van der Waals surface area contributed by atoms with Gasteiger partial charge in [0.05, 0.1) is 18.8 Å². The number of rotatable bonds is 5. The van der Waals surface area contributed by atoms with Crippen LogP contribution in [0.4, 0.5) is 4.39 Å². The van der Waals surface area contributed by atoms with Gasteiger partial charge in [-0.1, -0.05) is 5.16 Å². The lowest BCUT2D eigenvalue weighted by molar-refractivity contribution is 0.301. The third-order valence-electron chi connectivity index (χ3n) is 3.86. The predicted octanol–water partition coefficient (Wildman–Crippen LogP) is 3.80. The van der Waals surface area contributed by atoms with Gasteiger partial charge >= 0.3 is 0 Å². The molecule has 7 heteroatoms. The van der Waals surface area contributed by atoms with Crippen molar-refractivity contribution in [3.05, 3.63) is 42.2 Å². The van der Waals surface area contributed by atoms with Crippen molar-refractivity contribution < 1.29 is 23.5 Å². The van der Waals surface area contributed by atoms with E-state index in [0.717, 1.165) is 24.7 Å². The van der Waals surface area contributed by atoms with Gasteiger partial charge in [-0.25, -0.2) is 4.39 Å². The third-order valence-corrected chi connectivity index (χ3v) is 3.86. The van der Waals surface area contributed by atoms with E-state index in [2.05, 4.69) is 10.1 Å². The fraction of sp³-hybridized carbons (Fsp3) is 0.222. The van der Waals surface area contributed by atoms with Crippen LogP contribution < -0.4 is 9.47 Å². The second-order valence-corrected chi connectivity index (χ2v) is 5.77. The number of hydrogen-bond acceptors (Lipinski definition) is 6. The van der Waals surface area contributed by atoms with Gasteiger partial charge < -0.3 is 19.1 Å². The average molecular weight is 342 g/mol. The Hall–Kier alpha value is -3.09. The average Bonchev–Trinajstić information content (AvgIpc) is 3.30. The molecule has 3 aromatic rings. The van der Waals surface area contributed by atoms with Crippen molar-refractivity contribution in [2.75, 3.05) is 7.11 Å². The largest absolute Gasteiger partial charge is 0.505 e. The molecule has 0 amide bonds. The van der Waals surface area contributed by atoms with Crippen LogP contribution in [0.25, 0.3) is 22.8 Å². The van der Waals surface area contributed by atoms with Crippen LogP contribution in [0.15, 0.2) is 40.9 Å². The van der Waals surface area contributed by atoms with Crippen molar-refractivity contribution >= 4 is 0 Å². The van der Waals surface area contributed by atoms with Gasteiger partial charge in [-0.15, -0.1) is 0 Å². The molecular formula is C18H15FN2O4. The summed E-state index contributed by atoms with van der Waals surface area (Å²) >= 11 is 0. The Kier molecular flexibility index (Phi) is 3.76. The summed E-state index contributed by atoms with van der Waals surface area (Å²) in [5, 5.41) is 13.1. The number of nitrogens with zero attached hydrogens (tertiary/aromatic N) is 2. The lowest BCUT2D eigenvalue weighted by atomic mass is 10.1. The minimum atomic E-state index is -0.747. The molecule has 1 aliphatic carbocycles. The molecule has 1 N–H and O–H groups in total. The van der Waals surface area contributed by atoms with Crippen LogP contribution in [-0.4, -0.2) is 28.5 Å². The molecule has 1 aromatic heterocycles. The summed E-state index contributed by atoms with van der Waals surface area (Å²) in [6.45, 7) is 0. The van der Waals surface area contributed by atoms with Crippen LogP contribution in [-0.2, 0) is 0 Å². The monoisotopic (exact) mass is 342 g/mol. The molecule has 0 spiro atoms. The van der Waals surface area contributed by atoms with Gasteiger partial charge in [0, 0.05) is 11.6 Å². The maximum Gasteiger partial charge on any atom is 0.262 e. The van der Waals surface area contributed by atoms with E-state index in [1.54, 1.807) is 19.2 Å². The van der Waals surface area contributed by atoms with Crippen LogP contribution in [0.1, 0.15) is 12.8 Å². The first kappa shape index (κ1) is 15.4. The van der Waals surface area contributed by atoms with Crippen LogP contribution in [0.3, 0.4) is 0 Å². The maximum absolute atomic E-state index is 13.5. The molecule has 25 heavy (non-hydrogen) atoms. The molecule has 0 bridgehead atoms. The van der Waals surface area contributed by atoms with Gasteiger partial charge in [-0.2, -0.15) is 4.98 Å².